The average molecular weight is 617 g/mol. The minimum atomic E-state index is -4.11. The van der Waals surface area contributed by atoms with Crippen molar-refractivity contribution in [3.8, 4) is 16.8 Å². The molecule has 2 unspecified atom stereocenters. The highest BCUT2D eigenvalue weighted by Crippen LogP contribution is 2.47. The molecule has 1 amide bonds. The Morgan fingerprint density at radius 2 is 1.86 bits per heavy atom. The van der Waals surface area contributed by atoms with Crippen LogP contribution in [-0.2, 0) is 21.9 Å². The fourth-order valence-corrected chi connectivity index (χ4v) is 9.11. The Morgan fingerprint density at radius 1 is 1.17 bits per heavy atom. The molecule has 2 saturated heterocycles. The van der Waals surface area contributed by atoms with Crippen LogP contribution in [0.4, 0.5) is 14.5 Å². The van der Waals surface area contributed by atoms with Gasteiger partial charge in [0.15, 0.2) is 10.0 Å². The van der Waals surface area contributed by atoms with Crippen molar-refractivity contribution in [1.82, 2.24) is 29.6 Å². The molecule has 2 aliphatic carbocycles. The standard InChI is InChI=1S/C27H30F2N8O3S2/c1-35-22-18(21(33-35)24-31-32-25(41-24)23(28)29)10-17(42(39,40)34-27(14-30)6-7-27)11-19(22)37-12-15-4-5-16(13-37)20(15)26(38)36-8-2-3-9-36/h10-11,15-16,20,23,34H,2-9,12-13H2,1H3. The Morgan fingerprint density at radius 3 is 2.45 bits per heavy atom. The molecule has 4 fully saturated rings. The molecule has 4 heterocycles. The normalized spacial score (nSPS) is 25.0. The fraction of sp³-hybridized carbons (Fsp3) is 0.593. The number of anilines is 1. The summed E-state index contributed by atoms with van der Waals surface area (Å²) in [7, 11) is -2.39. The van der Waals surface area contributed by atoms with Crippen molar-refractivity contribution in [3.05, 3.63) is 17.1 Å². The molecule has 7 rings (SSSR count). The zero-order valence-electron chi connectivity index (χ0n) is 23.0. The Hall–Kier alpha value is -3.22. The molecule has 0 spiro atoms. The number of fused-ring (bicyclic) bond motifs is 3. The Balaban J connectivity index is 1.32. The van der Waals surface area contributed by atoms with Crippen LogP contribution in [0.5, 0.6) is 0 Å². The zero-order valence-corrected chi connectivity index (χ0v) is 24.6. The van der Waals surface area contributed by atoms with E-state index < -0.39 is 27.0 Å². The summed E-state index contributed by atoms with van der Waals surface area (Å²) in [5.41, 5.74) is 0.421. The van der Waals surface area contributed by atoms with Crippen molar-refractivity contribution in [2.45, 2.75) is 55.4 Å². The number of hydrogen-bond donors (Lipinski definition) is 1. The van der Waals surface area contributed by atoms with Crippen LogP contribution in [-0.4, -0.2) is 70.9 Å². The van der Waals surface area contributed by atoms with Gasteiger partial charge < -0.3 is 9.80 Å². The molecule has 42 heavy (non-hydrogen) atoms. The summed E-state index contributed by atoms with van der Waals surface area (Å²) in [6.45, 7) is 2.80. The summed E-state index contributed by atoms with van der Waals surface area (Å²) in [5.74, 6) is 0.488. The molecule has 2 aliphatic heterocycles. The van der Waals surface area contributed by atoms with E-state index in [1.807, 2.05) is 4.90 Å². The third-order valence-electron chi connectivity index (χ3n) is 9.20. The highest BCUT2D eigenvalue weighted by Gasteiger charge is 2.49. The largest absolute Gasteiger partial charge is 0.369 e. The topological polar surface area (TPSA) is 137 Å². The molecular weight excluding hydrogens is 586 g/mol. The molecule has 222 valence electrons. The number of carbonyl (C=O) groups is 1. The van der Waals surface area contributed by atoms with E-state index in [0.717, 1.165) is 38.8 Å². The number of carbonyl (C=O) groups excluding carboxylic acids is 1. The lowest BCUT2D eigenvalue weighted by Crippen LogP contribution is -2.48. The van der Waals surface area contributed by atoms with E-state index >= 15 is 0 Å². The van der Waals surface area contributed by atoms with Gasteiger partial charge in [-0.3, -0.25) is 9.48 Å². The maximum absolute atomic E-state index is 13.6. The number of sulfonamides is 1. The first-order chi connectivity index (χ1) is 20.1. The third-order valence-corrected chi connectivity index (χ3v) is 11.7. The second-order valence-electron chi connectivity index (χ2n) is 11.9. The number of halogens is 2. The van der Waals surface area contributed by atoms with Gasteiger partial charge in [-0.25, -0.2) is 17.2 Å². The molecular formula is C27H30F2N8O3S2. The van der Waals surface area contributed by atoms with Crippen molar-refractivity contribution >= 4 is 43.9 Å². The molecule has 11 nitrogen and oxygen atoms in total. The van der Waals surface area contributed by atoms with E-state index in [1.54, 1.807) is 17.8 Å². The molecule has 15 heteroatoms. The van der Waals surface area contributed by atoms with Gasteiger partial charge >= 0.3 is 0 Å². The zero-order chi connectivity index (χ0) is 29.4. The Bertz CT molecular complexity index is 1710. The monoisotopic (exact) mass is 616 g/mol. The minimum Gasteiger partial charge on any atom is -0.369 e. The van der Waals surface area contributed by atoms with Gasteiger partial charge in [0.25, 0.3) is 6.43 Å². The maximum Gasteiger partial charge on any atom is 0.291 e. The van der Waals surface area contributed by atoms with E-state index in [2.05, 4.69) is 31.0 Å². The van der Waals surface area contributed by atoms with Gasteiger partial charge in [-0.1, -0.05) is 11.3 Å². The summed E-state index contributed by atoms with van der Waals surface area (Å²) in [4.78, 5) is 17.5. The number of amides is 1. The number of nitrogens with zero attached hydrogens (tertiary/aromatic N) is 7. The Labute approximate surface area is 245 Å². The van der Waals surface area contributed by atoms with E-state index in [1.165, 1.54) is 6.07 Å². The van der Waals surface area contributed by atoms with Crippen LogP contribution < -0.4 is 9.62 Å². The SMILES string of the molecule is Cn1nc(-c2nnc(C(F)F)s2)c2cc(S(=O)(=O)NC3(C#N)CC3)cc(N3CC4CCC(C3)C4C(=O)N3CCCC3)c21. The number of piperidine rings is 1. The Kier molecular flexibility index (Phi) is 6.52. The molecule has 4 aliphatic rings. The van der Waals surface area contributed by atoms with Gasteiger partial charge in [0.05, 0.1) is 22.2 Å². The lowest BCUT2D eigenvalue weighted by molar-refractivity contribution is -0.137. The molecule has 1 N–H and O–H groups in total. The van der Waals surface area contributed by atoms with Gasteiger partial charge in [0.2, 0.25) is 15.9 Å². The van der Waals surface area contributed by atoms with Gasteiger partial charge in [-0.2, -0.15) is 15.1 Å². The van der Waals surface area contributed by atoms with E-state index in [4.69, 9.17) is 0 Å². The number of rotatable bonds is 7. The van der Waals surface area contributed by atoms with Crippen LogP contribution in [0.15, 0.2) is 17.0 Å². The summed E-state index contributed by atoms with van der Waals surface area (Å²) >= 11 is 0.715. The predicted octanol–water partition coefficient (Wildman–Crippen LogP) is 3.45. The quantitative estimate of drug-likeness (QED) is 0.426. The van der Waals surface area contributed by atoms with Gasteiger partial charge in [0.1, 0.15) is 11.2 Å². The van der Waals surface area contributed by atoms with Crippen LogP contribution in [0.2, 0.25) is 0 Å². The summed E-state index contributed by atoms with van der Waals surface area (Å²) < 4.78 is 58.1. The van der Waals surface area contributed by atoms with Crippen molar-refractivity contribution in [2.24, 2.45) is 24.8 Å². The second kappa shape index (κ2) is 9.92. The van der Waals surface area contributed by atoms with E-state index in [-0.39, 0.29) is 39.3 Å². The third kappa shape index (κ3) is 4.55. The lowest BCUT2D eigenvalue weighted by Gasteiger charge is -2.40. The molecule has 2 aromatic heterocycles. The van der Waals surface area contributed by atoms with Gasteiger partial charge in [-0.05, 0) is 62.5 Å². The van der Waals surface area contributed by atoms with Crippen molar-refractivity contribution in [3.63, 3.8) is 0 Å². The first kappa shape index (κ1) is 27.6. The highest BCUT2D eigenvalue weighted by molar-refractivity contribution is 7.89. The van der Waals surface area contributed by atoms with Crippen molar-refractivity contribution in [1.29, 1.82) is 5.26 Å². The summed E-state index contributed by atoms with van der Waals surface area (Å²) in [6.07, 6.45) is 2.00. The maximum atomic E-state index is 13.6. The van der Waals surface area contributed by atoms with Crippen molar-refractivity contribution < 1.29 is 22.0 Å². The molecule has 2 bridgehead atoms. The fourth-order valence-electron chi connectivity index (χ4n) is 6.99. The molecule has 1 aromatic carbocycles. The average Bonchev–Trinajstić information content (AvgIpc) is 3.41. The number of aryl methyl sites for hydroxylation is 1. The number of nitrogens with one attached hydrogen (secondary N) is 1. The van der Waals surface area contributed by atoms with Gasteiger partial charge in [-0.15, -0.1) is 10.2 Å². The number of alkyl halides is 2. The number of nitriles is 1. The summed E-state index contributed by atoms with van der Waals surface area (Å²) in [6, 6.07) is 5.14. The number of likely N-dealkylation sites (tertiary alicyclic amines) is 1. The molecule has 2 saturated carbocycles. The van der Waals surface area contributed by atoms with E-state index in [0.29, 0.717) is 53.9 Å². The minimum absolute atomic E-state index is 0.0370. The predicted molar refractivity (Wildman–Crippen MR) is 150 cm³/mol. The van der Waals surface area contributed by atoms with Crippen LogP contribution >= 0.6 is 11.3 Å². The van der Waals surface area contributed by atoms with Crippen LogP contribution in [0.1, 0.15) is 50.0 Å². The number of aromatic nitrogens is 4. The first-order valence-electron chi connectivity index (χ1n) is 14.2. The van der Waals surface area contributed by atoms with Gasteiger partial charge in [0, 0.05) is 44.5 Å². The number of hydrogen-bond acceptors (Lipinski definition) is 9. The number of benzene rings is 1. The lowest BCUT2D eigenvalue weighted by atomic mass is 9.83. The van der Waals surface area contributed by atoms with Crippen LogP contribution in [0.25, 0.3) is 21.6 Å². The molecule has 2 atom stereocenters. The van der Waals surface area contributed by atoms with Crippen LogP contribution in [0, 0.1) is 29.1 Å². The first-order valence-corrected chi connectivity index (χ1v) is 16.5. The van der Waals surface area contributed by atoms with E-state index in [9.17, 15) is 27.3 Å². The molecule has 3 aromatic rings. The summed E-state index contributed by atoms with van der Waals surface area (Å²) in [5, 5.41) is 21.8. The second-order valence-corrected chi connectivity index (χ2v) is 14.6. The van der Waals surface area contributed by atoms with Crippen molar-refractivity contribution in [2.75, 3.05) is 31.1 Å². The highest BCUT2D eigenvalue weighted by atomic mass is 32.2. The molecule has 0 radical (unpaired) electrons. The smallest absolute Gasteiger partial charge is 0.291 e. The van der Waals surface area contributed by atoms with Crippen LogP contribution in [0.3, 0.4) is 0 Å².